The average Bonchev–Trinajstić information content (AvgIpc) is 2.88. The molecule has 0 aliphatic carbocycles. The Kier molecular flexibility index (Phi) is 3.45. The topological polar surface area (TPSA) is 73.0 Å². The van der Waals surface area contributed by atoms with E-state index in [1.165, 1.54) is 0 Å². The summed E-state index contributed by atoms with van der Waals surface area (Å²) in [6.07, 6.45) is 3.49. The van der Waals surface area contributed by atoms with Gasteiger partial charge in [0.15, 0.2) is 0 Å². The molecule has 1 N–H and O–H groups in total. The maximum Gasteiger partial charge on any atom is 0.296 e. The molecule has 0 atom stereocenters. The number of hydrogen-bond acceptors (Lipinski definition) is 4. The second kappa shape index (κ2) is 5.03. The zero-order valence-electron chi connectivity index (χ0n) is 10.7. The predicted molar refractivity (Wildman–Crippen MR) is 66.3 cm³/mol. The van der Waals surface area contributed by atoms with Crippen LogP contribution in [0.25, 0.3) is 0 Å². The zero-order valence-corrected chi connectivity index (χ0v) is 10.7. The van der Waals surface area contributed by atoms with Crippen molar-refractivity contribution in [3.8, 4) is 0 Å². The third-order valence-electron chi connectivity index (χ3n) is 2.35. The quantitative estimate of drug-likeness (QED) is 0.899. The van der Waals surface area contributed by atoms with Crippen molar-refractivity contribution in [3.05, 3.63) is 29.9 Å². The third-order valence-corrected chi connectivity index (χ3v) is 2.35. The van der Waals surface area contributed by atoms with Crippen LogP contribution in [0.3, 0.4) is 0 Å². The Hall–Kier alpha value is -2.11. The Bertz CT molecular complexity index is 542. The van der Waals surface area contributed by atoms with E-state index < -0.39 is 0 Å². The van der Waals surface area contributed by atoms with E-state index in [9.17, 15) is 4.79 Å². The van der Waals surface area contributed by atoms with E-state index in [1.54, 1.807) is 19.2 Å². The molecule has 0 saturated carbocycles. The number of nitrogens with one attached hydrogen (secondary N) is 1. The van der Waals surface area contributed by atoms with E-state index in [0.717, 1.165) is 6.54 Å². The van der Waals surface area contributed by atoms with Crippen LogP contribution in [0.5, 0.6) is 0 Å². The zero-order chi connectivity index (χ0) is 13.1. The van der Waals surface area contributed by atoms with Crippen LogP contribution in [0.2, 0.25) is 0 Å². The summed E-state index contributed by atoms with van der Waals surface area (Å²) in [7, 11) is 0. The van der Waals surface area contributed by atoms with Crippen molar-refractivity contribution >= 4 is 11.9 Å². The van der Waals surface area contributed by atoms with E-state index in [0.29, 0.717) is 17.6 Å². The van der Waals surface area contributed by atoms with Gasteiger partial charge in [-0.3, -0.25) is 10.1 Å². The molecule has 2 heterocycles. The van der Waals surface area contributed by atoms with Crippen LogP contribution in [0.15, 0.2) is 23.0 Å². The van der Waals surface area contributed by atoms with E-state index in [2.05, 4.69) is 29.3 Å². The minimum atomic E-state index is -0.341. The smallest absolute Gasteiger partial charge is 0.296 e. The summed E-state index contributed by atoms with van der Waals surface area (Å²) in [6, 6.07) is 1.59. The molecule has 1 amide bonds. The van der Waals surface area contributed by atoms with Crippen LogP contribution in [0.4, 0.5) is 5.95 Å². The van der Waals surface area contributed by atoms with Crippen molar-refractivity contribution in [2.45, 2.75) is 27.3 Å². The highest BCUT2D eigenvalue weighted by Crippen LogP contribution is 2.10. The number of hydrogen-bond donors (Lipinski definition) is 1. The van der Waals surface area contributed by atoms with Crippen molar-refractivity contribution in [1.29, 1.82) is 0 Å². The fourth-order valence-electron chi connectivity index (χ4n) is 1.61. The summed E-state index contributed by atoms with van der Waals surface area (Å²) in [5.74, 6) is 0.837. The van der Waals surface area contributed by atoms with Gasteiger partial charge in [-0.25, -0.2) is 4.98 Å². The van der Waals surface area contributed by atoms with Crippen molar-refractivity contribution in [2.24, 2.45) is 5.92 Å². The van der Waals surface area contributed by atoms with Gasteiger partial charge >= 0.3 is 0 Å². The van der Waals surface area contributed by atoms with Crippen LogP contribution in [-0.4, -0.2) is 20.6 Å². The number of carbonyl (C=O) groups is 1. The van der Waals surface area contributed by atoms with Gasteiger partial charge in [-0.2, -0.15) is 0 Å². The number of anilines is 1. The maximum absolute atomic E-state index is 11.9. The molecule has 0 fully saturated rings. The molecule has 0 bridgehead atoms. The van der Waals surface area contributed by atoms with Crippen molar-refractivity contribution in [1.82, 2.24) is 14.7 Å². The number of amides is 1. The van der Waals surface area contributed by atoms with Crippen molar-refractivity contribution in [3.63, 3.8) is 0 Å². The Morgan fingerprint density at radius 1 is 1.56 bits per heavy atom. The summed E-state index contributed by atoms with van der Waals surface area (Å²) < 4.78 is 6.79. The molecule has 2 aromatic rings. The van der Waals surface area contributed by atoms with E-state index in [-0.39, 0.29) is 11.7 Å². The minimum absolute atomic E-state index is 0.187. The Balaban J connectivity index is 2.10. The highest BCUT2D eigenvalue weighted by atomic mass is 16.5. The molecule has 0 spiro atoms. The molecule has 0 saturated heterocycles. The SMILES string of the molecule is Cc1cc(C(=O)Nc2nccn2CC(C)C)on1. The predicted octanol–water partition coefficient (Wildman–Crippen LogP) is 2.09. The third kappa shape index (κ3) is 2.77. The molecule has 0 aromatic carbocycles. The summed E-state index contributed by atoms with van der Waals surface area (Å²) >= 11 is 0. The van der Waals surface area contributed by atoms with Gasteiger partial charge in [0.1, 0.15) is 0 Å². The molecule has 0 aliphatic rings. The minimum Gasteiger partial charge on any atom is -0.351 e. The molecule has 96 valence electrons. The van der Waals surface area contributed by atoms with Gasteiger partial charge in [-0.05, 0) is 12.8 Å². The molecule has 0 radical (unpaired) electrons. The number of aryl methyl sites for hydroxylation is 1. The van der Waals surface area contributed by atoms with Crippen LogP contribution in [-0.2, 0) is 6.54 Å². The average molecular weight is 248 g/mol. The highest BCUT2D eigenvalue weighted by molar-refractivity contribution is 6.01. The van der Waals surface area contributed by atoms with Gasteiger partial charge in [0, 0.05) is 25.0 Å². The first-order chi connectivity index (χ1) is 8.56. The molecule has 0 aliphatic heterocycles. The lowest BCUT2D eigenvalue weighted by atomic mass is 10.2. The number of aromatic nitrogens is 3. The normalized spacial score (nSPS) is 10.9. The molecule has 0 unspecified atom stereocenters. The van der Waals surface area contributed by atoms with Crippen LogP contribution < -0.4 is 5.32 Å². The van der Waals surface area contributed by atoms with Gasteiger partial charge in [-0.15, -0.1) is 0 Å². The molecule has 2 rings (SSSR count). The largest absolute Gasteiger partial charge is 0.351 e. The molecule has 18 heavy (non-hydrogen) atoms. The Morgan fingerprint density at radius 3 is 2.94 bits per heavy atom. The van der Waals surface area contributed by atoms with Crippen LogP contribution in [0, 0.1) is 12.8 Å². The number of carbonyl (C=O) groups excluding carboxylic acids is 1. The molecular formula is C12H16N4O2. The fourth-order valence-corrected chi connectivity index (χ4v) is 1.61. The van der Waals surface area contributed by atoms with E-state index >= 15 is 0 Å². The summed E-state index contributed by atoms with van der Waals surface area (Å²) in [4.78, 5) is 16.0. The Labute approximate surface area is 105 Å². The van der Waals surface area contributed by atoms with E-state index in [1.807, 2.05) is 10.8 Å². The standard InChI is InChI=1S/C12H16N4O2/c1-8(2)7-16-5-4-13-12(16)14-11(17)10-6-9(3)15-18-10/h4-6,8H,7H2,1-3H3,(H,13,14,17). The molecular weight excluding hydrogens is 232 g/mol. The van der Waals surface area contributed by atoms with Gasteiger partial charge in [0.2, 0.25) is 11.7 Å². The molecule has 6 nitrogen and oxygen atoms in total. The summed E-state index contributed by atoms with van der Waals surface area (Å²) in [5.41, 5.74) is 0.672. The number of imidazole rings is 1. The second-order valence-electron chi connectivity index (χ2n) is 4.58. The monoisotopic (exact) mass is 248 g/mol. The van der Waals surface area contributed by atoms with Crippen molar-refractivity contribution in [2.75, 3.05) is 5.32 Å². The first-order valence-electron chi connectivity index (χ1n) is 5.82. The lowest BCUT2D eigenvalue weighted by Crippen LogP contribution is -2.16. The van der Waals surface area contributed by atoms with Gasteiger partial charge in [0.05, 0.1) is 5.69 Å². The lowest BCUT2D eigenvalue weighted by Gasteiger charge is -2.09. The number of nitrogens with zero attached hydrogens (tertiary/aromatic N) is 3. The maximum atomic E-state index is 11.9. The summed E-state index contributed by atoms with van der Waals surface area (Å²) in [5, 5.41) is 6.38. The summed E-state index contributed by atoms with van der Waals surface area (Å²) in [6.45, 7) is 6.77. The Morgan fingerprint density at radius 2 is 2.33 bits per heavy atom. The van der Waals surface area contributed by atoms with Crippen molar-refractivity contribution < 1.29 is 9.32 Å². The molecule has 6 heteroatoms. The second-order valence-corrected chi connectivity index (χ2v) is 4.58. The first kappa shape index (κ1) is 12.3. The number of rotatable bonds is 4. The van der Waals surface area contributed by atoms with Crippen LogP contribution >= 0.6 is 0 Å². The van der Waals surface area contributed by atoms with Gasteiger partial charge < -0.3 is 9.09 Å². The van der Waals surface area contributed by atoms with Gasteiger partial charge in [0.25, 0.3) is 5.91 Å². The van der Waals surface area contributed by atoms with Crippen LogP contribution in [0.1, 0.15) is 30.1 Å². The fraction of sp³-hybridized carbons (Fsp3) is 0.417. The molecule has 2 aromatic heterocycles. The lowest BCUT2D eigenvalue weighted by molar-refractivity contribution is 0.0986. The first-order valence-corrected chi connectivity index (χ1v) is 5.82. The van der Waals surface area contributed by atoms with Gasteiger partial charge in [-0.1, -0.05) is 19.0 Å². The highest BCUT2D eigenvalue weighted by Gasteiger charge is 2.14. The van der Waals surface area contributed by atoms with E-state index in [4.69, 9.17) is 4.52 Å².